The highest BCUT2D eigenvalue weighted by atomic mass is 127. The molecule has 0 aliphatic heterocycles. The summed E-state index contributed by atoms with van der Waals surface area (Å²) in [6, 6.07) is 4.37. The van der Waals surface area contributed by atoms with Gasteiger partial charge >= 0.3 is 5.97 Å². The van der Waals surface area contributed by atoms with Crippen LogP contribution in [0.2, 0.25) is 0 Å². The van der Waals surface area contributed by atoms with Crippen molar-refractivity contribution in [2.75, 3.05) is 0 Å². The first-order valence-electron chi connectivity index (χ1n) is 4.71. The number of hydrogen-bond donors (Lipinski definition) is 2. The van der Waals surface area contributed by atoms with E-state index >= 15 is 0 Å². The zero-order valence-corrected chi connectivity index (χ0v) is 11.1. The van der Waals surface area contributed by atoms with Gasteiger partial charge in [-0.3, -0.25) is 9.59 Å². The molecule has 0 heterocycles. The number of aliphatic carboxylic acids is 1. The SMILES string of the molecule is Cc1cc(C(=O)NC(C)C(=O)O)ccc1I. The lowest BCUT2D eigenvalue weighted by Crippen LogP contribution is -2.38. The Morgan fingerprint density at radius 2 is 2.06 bits per heavy atom. The Balaban J connectivity index is 2.81. The first kappa shape index (κ1) is 13.0. The molecular formula is C11H12INO3. The Morgan fingerprint density at radius 1 is 1.44 bits per heavy atom. The summed E-state index contributed by atoms with van der Waals surface area (Å²) < 4.78 is 1.07. The number of aryl methyl sites for hydroxylation is 1. The second-order valence-electron chi connectivity index (χ2n) is 3.50. The maximum atomic E-state index is 11.6. The number of nitrogens with one attached hydrogen (secondary N) is 1. The number of hydrogen-bond acceptors (Lipinski definition) is 2. The summed E-state index contributed by atoms with van der Waals surface area (Å²) in [6.45, 7) is 3.33. The minimum absolute atomic E-state index is 0.366. The maximum absolute atomic E-state index is 11.6. The van der Waals surface area contributed by atoms with Crippen molar-refractivity contribution in [3.8, 4) is 0 Å². The summed E-state index contributed by atoms with van der Waals surface area (Å²) >= 11 is 2.17. The zero-order valence-electron chi connectivity index (χ0n) is 8.95. The Morgan fingerprint density at radius 3 is 2.56 bits per heavy atom. The second kappa shape index (κ2) is 5.29. The summed E-state index contributed by atoms with van der Waals surface area (Å²) in [6.07, 6.45) is 0. The van der Waals surface area contributed by atoms with E-state index in [1.54, 1.807) is 12.1 Å². The lowest BCUT2D eigenvalue weighted by Gasteiger charge is -2.09. The van der Waals surface area contributed by atoms with Crippen LogP contribution in [0, 0.1) is 10.5 Å². The predicted molar refractivity (Wildman–Crippen MR) is 68.5 cm³/mol. The number of carboxylic acids is 1. The molecule has 0 saturated heterocycles. The van der Waals surface area contributed by atoms with Crippen molar-refractivity contribution in [3.63, 3.8) is 0 Å². The Kier molecular flexibility index (Phi) is 4.28. The van der Waals surface area contributed by atoms with Gasteiger partial charge in [-0.2, -0.15) is 0 Å². The molecule has 5 heteroatoms. The fourth-order valence-electron chi connectivity index (χ4n) is 1.13. The van der Waals surface area contributed by atoms with Crippen LogP contribution in [0.15, 0.2) is 18.2 Å². The summed E-state index contributed by atoms with van der Waals surface area (Å²) in [5.74, 6) is -1.41. The van der Waals surface area contributed by atoms with Gasteiger partial charge in [0.25, 0.3) is 5.91 Å². The molecule has 0 aromatic heterocycles. The van der Waals surface area contributed by atoms with Gasteiger partial charge in [0.15, 0.2) is 0 Å². The minimum Gasteiger partial charge on any atom is -0.480 e. The van der Waals surface area contributed by atoms with Crippen molar-refractivity contribution in [2.45, 2.75) is 19.9 Å². The van der Waals surface area contributed by atoms with Crippen molar-refractivity contribution >= 4 is 34.5 Å². The molecule has 4 nitrogen and oxygen atoms in total. The number of carboxylic acid groups (broad SMARTS) is 1. The van der Waals surface area contributed by atoms with Crippen LogP contribution in [0.4, 0.5) is 0 Å². The van der Waals surface area contributed by atoms with Gasteiger partial charge in [0.2, 0.25) is 0 Å². The van der Waals surface area contributed by atoms with Gasteiger partial charge in [-0.15, -0.1) is 0 Å². The highest BCUT2D eigenvalue weighted by Crippen LogP contribution is 2.13. The van der Waals surface area contributed by atoms with E-state index in [1.807, 2.05) is 13.0 Å². The van der Waals surface area contributed by atoms with E-state index in [-0.39, 0.29) is 5.91 Å². The molecular weight excluding hydrogens is 321 g/mol. The molecule has 1 aromatic rings. The molecule has 16 heavy (non-hydrogen) atoms. The van der Waals surface area contributed by atoms with Crippen LogP contribution in [0.1, 0.15) is 22.8 Å². The number of benzene rings is 1. The summed E-state index contributed by atoms with van der Waals surface area (Å²) in [7, 11) is 0. The van der Waals surface area contributed by atoms with Crippen LogP contribution in [0.25, 0.3) is 0 Å². The van der Waals surface area contributed by atoms with E-state index in [0.717, 1.165) is 9.13 Å². The number of amides is 1. The van der Waals surface area contributed by atoms with Crippen molar-refractivity contribution in [2.24, 2.45) is 0 Å². The molecule has 1 amide bonds. The summed E-state index contributed by atoms with van der Waals surface area (Å²) in [4.78, 5) is 22.2. The molecule has 2 N–H and O–H groups in total. The van der Waals surface area contributed by atoms with Crippen molar-refractivity contribution in [1.29, 1.82) is 0 Å². The van der Waals surface area contributed by atoms with Crippen LogP contribution < -0.4 is 5.32 Å². The van der Waals surface area contributed by atoms with E-state index < -0.39 is 12.0 Å². The average Bonchev–Trinajstić information content (AvgIpc) is 2.21. The second-order valence-corrected chi connectivity index (χ2v) is 4.66. The molecule has 0 bridgehead atoms. The molecule has 0 saturated carbocycles. The van der Waals surface area contributed by atoms with Gasteiger partial charge in [0.05, 0.1) is 0 Å². The van der Waals surface area contributed by atoms with Crippen molar-refractivity contribution < 1.29 is 14.7 Å². The Bertz CT molecular complexity index is 431. The molecule has 0 spiro atoms. The van der Waals surface area contributed by atoms with Gasteiger partial charge in [-0.05, 0) is 60.2 Å². The molecule has 86 valence electrons. The number of carbonyl (C=O) groups is 2. The summed E-state index contributed by atoms with van der Waals surface area (Å²) in [5.41, 5.74) is 1.47. The highest BCUT2D eigenvalue weighted by Gasteiger charge is 2.15. The van der Waals surface area contributed by atoms with Gasteiger partial charge in [0, 0.05) is 9.13 Å². The van der Waals surface area contributed by atoms with E-state index in [9.17, 15) is 9.59 Å². The number of carbonyl (C=O) groups excluding carboxylic acids is 1. The molecule has 0 aliphatic carbocycles. The number of rotatable bonds is 3. The number of halogens is 1. The van der Waals surface area contributed by atoms with Gasteiger partial charge < -0.3 is 10.4 Å². The molecule has 1 unspecified atom stereocenters. The van der Waals surface area contributed by atoms with Crippen molar-refractivity contribution in [1.82, 2.24) is 5.32 Å². The van der Waals surface area contributed by atoms with Gasteiger partial charge in [0.1, 0.15) is 6.04 Å². The molecule has 1 aromatic carbocycles. The molecule has 1 rings (SSSR count). The lowest BCUT2D eigenvalue weighted by molar-refractivity contribution is -0.138. The van der Waals surface area contributed by atoms with Crippen LogP contribution >= 0.6 is 22.6 Å². The standard InChI is InChI=1S/C11H12INO3/c1-6-5-8(3-4-9(6)12)10(14)13-7(2)11(15)16/h3-5,7H,1-2H3,(H,13,14)(H,15,16). The van der Waals surface area contributed by atoms with Gasteiger partial charge in [-0.1, -0.05) is 0 Å². The van der Waals surface area contributed by atoms with E-state index in [4.69, 9.17) is 5.11 Å². The first-order valence-corrected chi connectivity index (χ1v) is 5.79. The third-order valence-corrected chi connectivity index (χ3v) is 3.35. The monoisotopic (exact) mass is 333 g/mol. The normalized spacial score (nSPS) is 11.9. The van der Waals surface area contributed by atoms with Crippen LogP contribution in [0.5, 0.6) is 0 Å². The predicted octanol–water partition coefficient (Wildman–Crippen LogP) is 1.80. The lowest BCUT2D eigenvalue weighted by atomic mass is 10.1. The topological polar surface area (TPSA) is 66.4 Å². The fourth-order valence-corrected chi connectivity index (χ4v) is 1.46. The van der Waals surface area contributed by atoms with Crippen molar-refractivity contribution in [3.05, 3.63) is 32.9 Å². The minimum atomic E-state index is -1.05. The summed E-state index contributed by atoms with van der Waals surface area (Å²) in [5, 5.41) is 11.1. The third-order valence-electron chi connectivity index (χ3n) is 2.14. The molecule has 1 atom stereocenters. The van der Waals surface area contributed by atoms with Gasteiger partial charge in [-0.25, -0.2) is 0 Å². The average molecular weight is 333 g/mol. The smallest absolute Gasteiger partial charge is 0.325 e. The molecule has 0 fully saturated rings. The fraction of sp³-hybridized carbons (Fsp3) is 0.273. The largest absolute Gasteiger partial charge is 0.480 e. The third kappa shape index (κ3) is 3.19. The van der Waals surface area contributed by atoms with Crippen LogP contribution in [0.3, 0.4) is 0 Å². The van der Waals surface area contributed by atoms with Crippen LogP contribution in [-0.2, 0) is 4.79 Å². The van der Waals surface area contributed by atoms with Crippen LogP contribution in [-0.4, -0.2) is 23.0 Å². The zero-order chi connectivity index (χ0) is 12.3. The van der Waals surface area contributed by atoms with E-state index in [2.05, 4.69) is 27.9 Å². The highest BCUT2D eigenvalue weighted by molar-refractivity contribution is 14.1. The Hall–Kier alpha value is -1.11. The molecule has 0 aliphatic rings. The van der Waals surface area contributed by atoms with E-state index in [1.165, 1.54) is 6.92 Å². The molecule has 0 radical (unpaired) electrons. The first-order chi connectivity index (χ1) is 7.41. The quantitative estimate of drug-likeness (QED) is 0.829. The Labute approximate surface area is 107 Å². The maximum Gasteiger partial charge on any atom is 0.325 e. The van der Waals surface area contributed by atoms with E-state index in [0.29, 0.717) is 5.56 Å².